The molecule has 1 heterocycles. The van der Waals surface area contributed by atoms with Gasteiger partial charge in [-0.1, -0.05) is 5.16 Å². The Labute approximate surface area is 93.2 Å². The second kappa shape index (κ2) is 4.47. The van der Waals surface area contributed by atoms with Gasteiger partial charge in [0, 0.05) is 24.9 Å². The molecule has 16 heavy (non-hydrogen) atoms. The molecule has 1 aliphatic rings. The maximum absolute atomic E-state index is 11.7. The van der Waals surface area contributed by atoms with Crippen LogP contribution in [0.25, 0.3) is 0 Å². The number of carbonyl (C=O) groups excluding carboxylic acids is 2. The number of amides is 1. The highest BCUT2D eigenvalue weighted by atomic mass is 16.5. The van der Waals surface area contributed by atoms with Crippen molar-refractivity contribution in [3.63, 3.8) is 0 Å². The second-order valence-electron chi connectivity index (χ2n) is 4.11. The number of nitrogens with one attached hydrogen (secondary N) is 1. The van der Waals surface area contributed by atoms with Gasteiger partial charge in [0.2, 0.25) is 0 Å². The van der Waals surface area contributed by atoms with E-state index in [0.29, 0.717) is 24.3 Å². The van der Waals surface area contributed by atoms with Crippen LogP contribution in [0.2, 0.25) is 0 Å². The van der Waals surface area contributed by atoms with Crippen molar-refractivity contribution >= 4 is 11.7 Å². The average Bonchev–Trinajstić information content (AvgIpc) is 2.68. The average molecular weight is 222 g/mol. The van der Waals surface area contributed by atoms with Crippen LogP contribution in [0.3, 0.4) is 0 Å². The van der Waals surface area contributed by atoms with Crippen molar-refractivity contribution in [2.24, 2.45) is 0 Å². The number of Topliss-reactive ketones (excluding diaryl/α,β-unsaturated/α-hetero) is 1. The van der Waals surface area contributed by atoms with E-state index < -0.39 is 0 Å². The van der Waals surface area contributed by atoms with Gasteiger partial charge in [-0.25, -0.2) is 0 Å². The van der Waals surface area contributed by atoms with Crippen LogP contribution in [-0.2, 0) is 4.79 Å². The van der Waals surface area contributed by atoms with Crippen molar-refractivity contribution in [1.29, 1.82) is 0 Å². The Hall–Kier alpha value is -1.65. The highest BCUT2D eigenvalue weighted by molar-refractivity contribution is 5.92. The van der Waals surface area contributed by atoms with Gasteiger partial charge in [-0.15, -0.1) is 0 Å². The molecule has 2 rings (SSSR count). The molecule has 0 bridgehead atoms. The topological polar surface area (TPSA) is 72.2 Å². The molecule has 0 atom stereocenters. The minimum Gasteiger partial charge on any atom is -0.361 e. The molecule has 1 fully saturated rings. The molecule has 0 spiro atoms. The Kier molecular flexibility index (Phi) is 3.03. The number of aryl methyl sites for hydroxylation is 1. The lowest BCUT2D eigenvalue weighted by Gasteiger charge is -2.21. The number of aromatic nitrogens is 1. The molecule has 0 saturated heterocycles. The van der Waals surface area contributed by atoms with E-state index in [9.17, 15) is 9.59 Å². The van der Waals surface area contributed by atoms with Gasteiger partial charge in [-0.05, 0) is 19.8 Å². The minimum absolute atomic E-state index is 0.0854. The summed E-state index contributed by atoms with van der Waals surface area (Å²) in [5, 5.41) is 6.50. The molecule has 0 aliphatic heterocycles. The van der Waals surface area contributed by atoms with E-state index in [4.69, 9.17) is 4.52 Å². The number of ketones is 1. The van der Waals surface area contributed by atoms with Crippen LogP contribution in [0.5, 0.6) is 0 Å². The first-order valence-electron chi connectivity index (χ1n) is 5.41. The highest BCUT2D eigenvalue weighted by Crippen LogP contribution is 2.15. The number of rotatable bonds is 2. The molecule has 1 aliphatic carbocycles. The standard InChI is InChI=1S/C11H14N2O3/c1-7-6-10(13-16-7)11(15)12-8-2-4-9(14)5-3-8/h6,8H,2-5H2,1H3,(H,12,15). The molecule has 1 aromatic rings. The van der Waals surface area contributed by atoms with E-state index in [2.05, 4.69) is 10.5 Å². The molecule has 0 radical (unpaired) electrons. The minimum atomic E-state index is -0.226. The van der Waals surface area contributed by atoms with Gasteiger partial charge in [0.25, 0.3) is 5.91 Å². The third-order valence-corrected chi connectivity index (χ3v) is 2.74. The molecule has 5 nitrogen and oxygen atoms in total. The van der Waals surface area contributed by atoms with E-state index in [1.165, 1.54) is 0 Å². The van der Waals surface area contributed by atoms with Crippen molar-refractivity contribution in [2.75, 3.05) is 0 Å². The summed E-state index contributed by atoms with van der Waals surface area (Å²) in [5.41, 5.74) is 0.300. The van der Waals surface area contributed by atoms with Crippen molar-refractivity contribution in [3.05, 3.63) is 17.5 Å². The quantitative estimate of drug-likeness (QED) is 0.816. The molecule has 1 N–H and O–H groups in total. The lowest BCUT2D eigenvalue weighted by molar-refractivity contribution is -0.120. The lowest BCUT2D eigenvalue weighted by Crippen LogP contribution is -2.37. The fourth-order valence-electron chi connectivity index (χ4n) is 1.82. The van der Waals surface area contributed by atoms with Crippen LogP contribution >= 0.6 is 0 Å². The molecule has 1 aromatic heterocycles. The molecule has 86 valence electrons. The molecule has 1 amide bonds. The van der Waals surface area contributed by atoms with Crippen LogP contribution in [0, 0.1) is 6.92 Å². The Bertz CT molecular complexity index is 401. The summed E-state index contributed by atoms with van der Waals surface area (Å²) in [5.74, 6) is 0.669. The third-order valence-electron chi connectivity index (χ3n) is 2.74. The van der Waals surface area contributed by atoms with E-state index in [-0.39, 0.29) is 17.7 Å². The van der Waals surface area contributed by atoms with E-state index in [0.717, 1.165) is 12.8 Å². The second-order valence-corrected chi connectivity index (χ2v) is 4.11. The number of hydrogen-bond acceptors (Lipinski definition) is 4. The maximum atomic E-state index is 11.7. The zero-order valence-corrected chi connectivity index (χ0v) is 9.16. The first kappa shape index (κ1) is 10.9. The Morgan fingerprint density at radius 3 is 2.75 bits per heavy atom. The summed E-state index contributed by atoms with van der Waals surface area (Å²) in [4.78, 5) is 22.7. The predicted molar refractivity (Wildman–Crippen MR) is 56.0 cm³/mol. The number of carbonyl (C=O) groups is 2. The molecule has 0 unspecified atom stereocenters. The summed E-state index contributed by atoms with van der Waals surface area (Å²) in [6.45, 7) is 1.74. The van der Waals surface area contributed by atoms with Gasteiger partial charge in [-0.3, -0.25) is 9.59 Å². The van der Waals surface area contributed by atoms with Crippen molar-refractivity contribution in [1.82, 2.24) is 10.5 Å². The van der Waals surface area contributed by atoms with Crippen molar-refractivity contribution in [3.8, 4) is 0 Å². The third kappa shape index (κ3) is 2.48. The zero-order chi connectivity index (χ0) is 11.5. The lowest BCUT2D eigenvalue weighted by atomic mass is 9.94. The van der Waals surface area contributed by atoms with Crippen LogP contribution in [-0.4, -0.2) is 22.9 Å². The predicted octanol–water partition coefficient (Wildman–Crippen LogP) is 1.22. The largest absolute Gasteiger partial charge is 0.361 e. The van der Waals surface area contributed by atoms with Gasteiger partial charge in [0.05, 0.1) is 0 Å². The fourth-order valence-corrected chi connectivity index (χ4v) is 1.82. The molecular formula is C11H14N2O3. The van der Waals surface area contributed by atoms with Gasteiger partial charge < -0.3 is 9.84 Å². The summed E-state index contributed by atoms with van der Waals surface area (Å²) in [6.07, 6.45) is 2.56. The number of nitrogens with zero attached hydrogens (tertiary/aromatic N) is 1. The van der Waals surface area contributed by atoms with Crippen molar-refractivity contribution in [2.45, 2.75) is 38.6 Å². The van der Waals surface area contributed by atoms with Crippen LogP contribution in [0.1, 0.15) is 41.9 Å². The van der Waals surface area contributed by atoms with E-state index >= 15 is 0 Å². The first-order valence-corrected chi connectivity index (χ1v) is 5.41. The maximum Gasteiger partial charge on any atom is 0.273 e. The monoisotopic (exact) mass is 222 g/mol. The van der Waals surface area contributed by atoms with Gasteiger partial charge >= 0.3 is 0 Å². The van der Waals surface area contributed by atoms with Crippen LogP contribution < -0.4 is 5.32 Å². The highest BCUT2D eigenvalue weighted by Gasteiger charge is 2.21. The Morgan fingerprint density at radius 2 is 2.19 bits per heavy atom. The summed E-state index contributed by atoms with van der Waals surface area (Å²) in [7, 11) is 0. The Morgan fingerprint density at radius 1 is 1.50 bits per heavy atom. The molecule has 0 aromatic carbocycles. The van der Waals surface area contributed by atoms with Crippen molar-refractivity contribution < 1.29 is 14.1 Å². The summed E-state index contributed by atoms with van der Waals surface area (Å²) >= 11 is 0. The van der Waals surface area contributed by atoms with Gasteiger partial charge in [-0.2, -0.15) is 0 Å². The van der Waals surface area contributed by atoms with Crippen LogP contribution in [0.15, 0.2) is 10.6 Å². The van der Waals surface area contributed by atoms with E-state index in [1.807, 2.05) is 0 Å². The fraction of sp³-hybridized carbons (Fsp3) is 0.545. The Balaban J connectivity index is 1.90. The van der Waals surface area contributed by atoms with Gasteiger partial charge in [0.1, 0.15) is 11.5 Å². The van der Waals surface area contributed by atoms with Gasteiger partial charge in [0.15, 0.2) is 5.69 Å². The SMILES string of the molecule is Cc1cc(C(=O)NC2CCC(=O)CC2)no1. The zero-order valence-electron chi connectivity index (χ0n) is 9.16. The van der Waals surface area contributed by atoms with Crippen LogP contribution in [0.4, 0.5) is 0 Å². The molecule has 5 heteroatoms. The normalized spacial score (nSPS) is 17.4. The number of hydrogen-bond donors (Lipinski definition) is 1. The summed E-state index contributed by atoms with van der Waals surface area (Å²) in [6, 6.07) is 1.69. The molecule has 1 saturated carbocycles. The summed E-state index contributed by atoms with van der Waals surface area (Å²) < 4.78 is 4.83. The molecular weight excluding hydrogens is 208 g/mol. The smallest absolute Gasteiger partial charge is 0.273 e. The first-order chi connectivity index (χ1) is 7.65. The van der Waals surface area contributed by atoms with E-state index in [1.54, 1.807) is 13.0 Å².